The number of benzene rings is 1. The second-order valence-electron chi connectivity index (χ2n) is 9.36. The highest BCUT2D eigenvalue weighted by Gasteiger charge is 2.36. The summed E-state index contributed by atoms with van der Waals surface area (Å²) >= 11 is 0. The number of aromatic nitrogens is 2. The Labute approximate surface area is 202 Å². The Morgan fingerprint density at radius 1 is 1.26 bits per heavy atom. The van der Waals surface area contributed by atoms with Crippen molar-refractivity contribution >= 4 is 11.6 Å². The van der Waals surface area contributed by atoms with Crippen molar-refractivity contribution in [1.29, 1.82) is 5.41 Å². The van der Waals surface area contributed by atoms with Crippen LogP contribution in [0.5, 0.6) is 5.75 Å². The molecule has 2 aromatic rings. The van der Waals surface area contributed by atoms with Crippen molar-refractivity contribution in [1.82, 2.24) is 14.5 Å². The minimum Gasteiger partial charge on any atom is -0.406 e. The number of aliphatic hydroxyl groups excluding tert-OH is 1. The normalized spacial score (nSPS) is 17.9. The predicted molar refractivity (Wildman–Crippen MR) is 125 cm³/mol. The number of nitrogens with one attached hydrogen (secondary N) is 1. The van der Waals surface area contributed by atoms with Gasteiger partial charge in [0.05, 0.1) is 12.3 Å². The first kappa shape index (κ1) is 25.2. The number of imidazole rings is 1. The molecule has 2 fully saturated rings. The number of hydrogen-bond donors (Lipinski definition) is 2. The van der Waals surface area contributed by atoms with Crippen molar-refractivity contribution in [2.45, 2.75) is 58.4 Å². The summed E-state index contributed by atoms with van der Waals surface area (Å²) in [5.41, 5.74) is 2.03. The summed E-state index contributed by atoms with van der Waals surface area (Å²) in [6, 6.07) is 5.76. The van der Waals surface area contributed by atoms with Gasteiger partial charge in [-0.2, -0.15) is 0 Å². The molecule has 2 N–H and O–H groups in total. The lowest BCUT2D eigenvalue weighted by molar-refractivity contribution is -0.274. The Morgan fingerprint density at radius 3 is 2.51 bits per heavy atom. The lowest BCUT2D eigenvalue weighted by Crippen LogP contribution is -2.42. The minimum atomic E-state index is -4.79. The number of carbonyl (C=O) groups is 1. The average Bonchev–Trinajstić information content (AvgIpc) is 3.60. The van der Waals surface area contributed by atoms with Crippen LogP contribution in [0, 0.1) is 24.2 Å². The fraction of sp³-hybridized carbons (Fsp3) is 0.560. The fourth-order valence-electron chi connectivity index (χ4n) is 4.85. The van der Waals surface area contributed by atoms with Crippen LogP contribution in [0.1, 0.15) is 61.3 Å². The summed E-state index contributed by atoms with van der Waals surface area (Å²) < 4.78 is 44.1. The number of halogens is 3. The van der Waals surface area contributed by atoms with E-state index in [2.05, 4.69) is 9.72 Å². The molecule has 1 aliphatic carbocycles. The van der Waals surface area contributed by atoms with Crippen molar-refractivity contribution in [3.8, 4) is 17.1 Å². The molecule has 1 aliphatic heterocycles. The number of aliphatic hydroxyl groups is 1. The van der Waals surface area contributed by atoms with Gasteiger partial charge in [-0.05, 0) is 51.2 Å². The third-order valence-corrected chi connectivity index (χ3v) is 6.90. The molecule has 1 amide bonds. The zero-order valence-corrected chi connectivity index (χ0v) is 19.9. The molecule has 4 rings (SSSR count). The van der Waals surface area contributed by atoms with E-state index >= 15 is 0 Å². The van der Waals surface area contributed by atoms with Gasteiger partial charge in [-0.1, -0.05) is 19.1 Å². The highest BCUT2D eigenvalue weighted by atomic mass is 19.4. The SMILES string of the molecule is CC[C@H](CO)C(=N)C1CCN(C(=O)c2c(C)nc(-c3cccc(OC(F)(F)F)c3)n2C2CC2)CC1. The van der Waals surface area contributed by atoms with Crippen molar-refractivity contribution < 1.29 is 27.8 Å². The van der Waals surface area contributed by atoms with Crippen LogP contribution in [-0.2, 0) is 0 Å². The van der Waals surface area contributed by atoms with Crippen LogP contribution in [0.25, 0.3) is 11.4 Å². The van der Waals surface area contributed by atoms with Gasteiger partial charge in [0, 0.05) is 42.2 Å². The lowest BCUT2D eigenvalue weighted by Gasteiger charge is -2.34. The van der Waals surface area contributed by atoms with Gasteiger partial charge in [0.25, 0.3) is 5.91 Å². The van der Waals surface area contributed by atoms with Gasteiger partial charge in [0.2, 0.25) is 0 Å². The number of hydrogen-bond acceptors (Lipinski definition) is 5. The molecule has 0 radical (unpaired) electrons. The maximum Gasteiger partial charge on any atom is 0.573 e. The summed E-state index contributed by atoms with van der Waals surface area (Å²) in [5, 5.41) is 17.9. The molecule has 2 aliphatic rings. The first-order valence-corrected chi connectivity index (χ1v) is 12.1. The third-order valence-electron chi connectivity index (χ3n) is 6.90. The Balaban J connectivity index is 1.57. The van der Waals surface area contributed by atoms with Gasteiger partial charge in [0.1, 0.15) is 17.3 Å². The Morgan fingerprint density at radius 2 is 1.94 bits per heavy atom. The molecular formula is C25H31F3N4O3. The summed E-state index contributed by atoms with van der Waals surface area (Å²) in [6.45, 7) is 4.69. The van der Waals surface area contributed by atoms with Crippen LogP contribution >= 0.6 is 0 Å². The van der Waals surface area contributed by atoms with Crippen molar-refractivity contribution in [3.05, 3.63) is 35.7 Å². The van der Waals surface area contributed by atoms with E-state index in [9.17, 15) is 23.1 Å². The van der Waals surface area contributed by atoms with E-state index in [1.807, 2.05) is 11.5 Å². The quantitative estimate of drug-likeness (QED) is 0.509. The first-order chi connectivity index (χ1) is 16.6. The maximum atomic E-state index is 13.6. The molecular weight excluding hydrogens is 461 g/mol. The molecule has 35 heavy (non-hydrogen) atoms. The van der Waals surface area contributed by atoms with E-state index < -0.39 is 6.36 Å². The number of likely N-dealkylation sites (tertiary alicyclic amines) is 1. The highest BCUT2D eigenvalue weighted by Crippen LogP contribution is 2.41. The highest BCUT2D eigenvalue weighted by molar-refractivity contribution is 5.95. The zero-order chi connectivity index (χ0) is 25.3. The Kier molecular flexibility index (Phi) is 7.21. The molecule has 2 heterocycles. The largest absolute Gasteiger partial charge is 0.573 e. The molecule has 190 valence electrons. The number of amides is 1. The summed E-state index contributed by atoms with van der Waals surface area (Å²) in [7, 11) is 0. The van der Waals surface area contributed by atoms with Gasteiger partial charge in [-0.15, -0.1) is 13.2 Å². The predicted octanol–water partition coefficient (Wildman–Crippen LogP) is 4.98. The number of rotatable bonds is 8. The monoisotopic (exact) mass is 492 g/mol. The van der Waals surface area contributed by atoms with Gasteiger partial charge in [0.15, 0.2) is 0 Å². The fourth-order valence-corrected chi connectivity index (χ4v) is 4.85. The van der Waals surface area contributed by atoms with Crippen LogP contribution in [0.2, 0.25) is 0 Å². The van der Waals surface area contributed by atoms with Crippen LogP contribution in [0.3, 0.4) is 0 Å². The Bertz CT molecular complexity index is 1080. The van der Waals surface area contributed by atoms with E-state index in [1.165, 1.54) is 18.2 Å². The first-order valence-electron chi connectivity index (χ1n) is 12.1. The number of aryl methyl sites for hydroxylation is 1. The molecule has 1 saturated heterocycles. The molecule has 1 atom stereocenters. The molecule has 1 aromatic heterocycles. The molecule has 1 aromatic carbocycles. The summed E-state index contributed by atoms with van der Waals surface area (Å²) in [5.74, 6) is -0.0944. The van der Waals surface area contributed by atoms with E-state index in [4.69, 9.17) is 5.41 Å². The third kappa shape index (κ3) is 5.52. The molecule has 7 nitrogen and oxygen atoms in total. The minimum absolute atomic E-state index is 0.0355. The standard InChI is InChI=1S/C25H31F3N4O3/c1-3-16(14-33)21(29)17-9-11-31(12-10-17)24(34)22-15(2)30-23(32(22)19-7-8-19)18-5-4-6-20(13-18)35-25(26,27)28/h4-6,13,16-17,19,29,33H,3,7-12,14H2,1-2H3/t16-/m1/s1. The van der Waals surface area contributed by atoms with Crippen LogP contribution in [-0.4, -0.2) is 57.2 Å². The van der Waals surface area contributed by atoms with Crippen LogP contribution < -0.4 is 4.74 Å². The number of ether oxygens (including phenoxy) is 1. The number of carbonyl (C=O) groups excluding carboxylic acids is 1. The van der Waals surface area contributed by atoms with E-state index in [0.717, 1.165) is 12.8 Å². The van der Waals surface area contributed by atoms with E-state index in [-0.39, 0.29) is 36.1 Å². The van der Waals surface area contributed by atoms with E-state index in [1.54, 1.807) is 17.9 Å². The van der Waals surface area contributed by atoms with Crippen LogP contribution in [0.4, 0.5) is 13.2 Å². The second kappa shape index (κ2) is 10.0. The lowest BCUT2D eigenvalue weighted by atomic mass is 9.84. The molecule has 0 spiro atoms. The number of piperidine rings is 1. The van der Waals surface area contributed by atoms with Gasteiger partial charge < -0.3 is 24.7 Å². The topological polar surface area (TPSA) is 91.4 Å². The maximum absolute atomic E-state index is 13.6. The molecule has 0 bridgehead atoms. The van der Waals surface area contributed by atoms with Crippen molar-refractivity contribution in [2.24, 2.45) is 11.8 Å². The van der Waals surface area contributed by atoms with Gasteiger partial charge in [-0.3, -0.25) is 4.79 Å². The van der Waals surface area contributed by atoms with E-state index in [0.29, 0.717) is 60.8 Å². The molecule has 10 heteroatoms. The van der Waals surface area contributed by atoms with Gasteiger partial charge in [-0.25, -0.2) is 4.98 Å². The summed E-state index contributed by atoms with van der Waals surface area (Å²) in [6.07, 6.45) is -0.991. The van der Waals surface area contributed by atoms with Crippen molar-refractivity contribution in [3.63, 3.8) is 0 Å². The second-order valence-corrected chi connectivity index (χ2v) is 9.36. The summed E-state index contributed by atoms with van der Waals surface area (Å²) in [4.78, 5) is 20.0. The van der Waals surface area contributed by atoms with Crippen LogP contribution in [0.15, 0.2) is 24.3 Å². The number of nitrogens with zero attached hydrogens (tertiary/aromatic N) is 3. The smallest absolute Gasteiger partial charge is 0.406 e. The van der Waals surface area contributed by atoms with Crippen molar-refractivity contribution in [2.75, 3.05) is 19.7 Å². The Hall–Kier alpha value is -2.88. The molecule has 0 unspecified atom stereocenters. The van der Waals surface area contributed by atoms with Gasteiger partial charge >= 0.3 is 6.36 Å². The zero-order valence-electron chi connectivity index (χ0n) is 19.9. The molecule has 1 saturated carbocycles. The average molecular weight is 493 g/mol. The number of alkyl halides is 3.